The first kappa shape index (κ1) is 14.1. The van der Waals surface area contributed by atoms with Gasteiger partial charge in [-0.15, -0.1) is 0 Å². The van der Waals surface area contributed by atoms with Gasteiger partial charge in [-0.25, -0.2) is 13.4 Å². The Bertz CT molecular complexity index is 654. The zero-order chi connectivity index (χ0) is 13.9. The Morgan fingerprint density at radius 3 is 2.79 bits per heavy atom. The molecule has 2 rings (SSSR count). The Morgan fingerprint density at radius 1 is 1.37 bits per heavy atom. The van der Waals surface area contributed by atoms with Gasteiger partial charge in [0, 0.05) is 22.8 Å². The molecule has 0 amide bonds. The van der Waals surface area contributed by atoms with E-state index in [1.165, 1.54) is 0 Å². The van der Waals surface area contributed by atoms with Crippen LogP contribution in [0.3, 0.4) is 0 Å². The Morgan fingerprint density at radius 2 is 2.16 bits per heavy atom. The highest BCUT2D eigenvalue weighted by molar-refractivity contribution is 9.10. The molecule has 0 radical (unpaired) electrons. The van der Waals surface area contributed by atoms with Crippen LogP contribution < -0.4 is 4.72 Å². The second-order valence-corrected chi connectivity index (χ2v) is 7.02. The fourth-order valence-electron chi connectivity index (χ4n) is 1.66. The molecule has 1 aromatic heterocycles. The molecule has 0 bridgehead atoms. The van der Waals surface area contributed by atoms with Crippen LogP contribution in [-0.2, 0) is 16.4 Å². The van der Waals surface area contributed by atoms with Gasteiger partial charge in [0.15, 0.2) is 0 Å². The smallest absolute Gasteiger partial charge is 0.232 e. The Hall–Kier alpha value is -1.34. The number of H-pyrrole nitrogens is 1. The van der Waals surface area contributed by atoms with Crippen LogP contribution in [0.15, 0.2) is 35.2 Å². The van der Waals surface area contributed by atoms with E-state index >= 15 is 0 Å². The summed E-state index contributed by atoms with van der Waals surface area (Å²) in [7, 11) is -3.26. The lowest BCUT2D eigenvalue weighted by atomic mass is 10.1. The summed E-state index contributed by atoms with van der Waals surface area (Å²) < 4.78 is 26.5. The minimum atomic E-state index is -3.26. The summed E-state index contributed by atoms with van der Waals surface area (Å²) in [5.74, 6) is 0.0498. The zero-order valence-electron chi connectivity index (χ0n) is 10.4. The van der Waals surface area contributed by atoms with Gasteiger partial charge in [0.25, 0.3) is 0 Å². The van der Waals surface area contributed by atoms with Crippen molar-refractivity contribution in [2.45, 2.75) is 13.3 Å². The van der Waals surface area contributed by atoms with E-state index in [1.807, 2.05) is 18.3 Å². The first-order chi connectivity index (χ1) is 8.98. The van der Waals surface area contributed by atoms with Gasteiger partial charge in [-0.1, -0.05) is 15.9 Å². The quantitative estimate of drug-likeness (QED) is 0.875. The molecule has 0 fully saturated rings. The number of benzene rings is 1. The van der Waals surface area contributed by atoms with Crippen LogP contribution in [0.2, 0.25) is 0 Å². The Kier molecular flexibility index (Phi) is 4.26. The van der Waals surface area contributed by atoms with Crippen LogP contribution in [0.1, 0.15) is 18.2 Å². The number of sulfonamides is 1. The van der Waals surface area contributed by atoms with Crippen molar-refractivity contribution >= 4 is 31.6 Å². The molecule has 0 atom stereocenters. The third kappa shape index (κ3) is 4.07. The standard InChI is InChI=1S/C12H14BrN3O2S/c1-2-19(17,18)16-11-4-9(3-10(13)6-11)5-12-7-14-8-15-12/h3-4,6-8,16H,2,5H2,1H3,(H,14,15). The van der Waals surface area contributed by atoms with E-state index in [0.717, 1.165) is 15.7 Å². The summed E-state index contributed by atoms with van der Waals surface area (Å²) in [4.78, 5) is 7.04. The van der Waals surface area contributed by atoms with Crippen LogP contribution in [-0.4, -0.2) is 24.1 Å². The molecule has 5 nitrogen and oxygen atoms in total. The number of hydrogen-bond donors (Lipinski definition) is 2. The number of nitrogens with one attached hydrogen (secondary N) is 2. The van der Waals surface area contributed by atoms with Gasteiger partial charge >= 0.3 is 0 Å². The van der Waals surface area contributed by atoms with Gasteiger partial charge in [-0.2, -0.15) is 0 Å². The number of anilines is 1. The molecule has 2 aromatic rings. The van der Waals surface area contributed by atoms with Crippen molar-refractivity contribution in [3.8, 4) is 0 Å². The van der Waals surface area contributed by atoms with Gasteiger partial charge in [0.05, 0.1) is 17.8 Å². The highest BCUT2D eigenvalue weighted by Crippen LogP contribution is 2.22. The third-order valence-electron chi connectivity index (χ3n) is 2.55. The normalized spacial score (nSPS) is 11.5. The van der Waals surface area contributed by atoms with E-state index in [-0.39, 0.29) is 5.75 Å². The van der Waals surface area contributed by atoms with E-state index in [4.69, 9.17) is 0 Å². The van der Waals surface area contributed by atoms with Crippen LogP contribution in [0.25, 0.3) is 0 Å². The summed E-state index contributed by atoms with van der Waals surface area (Å²) in [5, 5.41) is 0. The van der Waals surface area contributed by atoms with E-state index < -0.39 is 10.0 Å². The molecule has 102 valence electrons. The van der Waals surface area contributed by atoms with E-state index in [1.54, 1.807) is 19.3 Å². The second kappa shape index (κ2) is 5.75. The van der Waals surface area contributed by atoms with Gasteiger partial charge in [-0.3, -0.25) is 4.72 Å². The minimum Gasteiger partial charge on any atom is -0.351 e. The molecule has 1 heterocycles. The van der Waals surface area contributed by atoms with Gasteiger partial charge in [0.1, 0.15) is 0 Å². The first-order valence-electron chi connectivity index (χ1n) is 5.76. The van der Waals surface area contributed by atoms with Crippen molar-refractivity contribution in [2.75, 3.05) is 10.5 Å². The number of hydrogen-bond acceptors (Lipinski definition) is 3. The first-order valence-corrected chi connectivity index (χ1v) is 8.20. The molecule has 0 unspecified atom stereocenters. The lowest BCUT2D eigenvalue weighted by Crippen LogP contribution is -2.14. The number of rotatable bonds is 5. The molecule has 2 N–H and O–H groups in total. The molecule has 0 spiro atoms. The summed E-state index contributed by atoms with van der Waals surface area (Å²) in [6.07, 6.45) is 4.08. The number of halogens is 1. The van der Waals surface area contributed by atoms with Crippen molar-refractivity contribution in [1.82, 2.24) is 9.97 Å². The van der Waals surface area contributed by atoms with Gasteiger partial charge in [-0.05, 0) is 30.7 Å². The maximum atomic E-state index is 11.6. The largest absolute Gasteiger partial charge is 0.351 e. The molecule has 0 saturated heterocycles. The molecule has 0 aliphatic carbocycles. The average Bonchev–Trinajstić information content (AvgIpc) is 2.80. The number of nitrogens with zero attached hydrogens (tertiary/aromatic N) is 1. The van der Waals surface area contributed by atoms with E-state index in [2.05, 4.69) is 30.6 Å². The molecule has 7 heteroatoms. The fourth-order valence-corrected chi connectivity index (χ4v) is 2.82. The monoisotopic (exact) mass is 343 g/mol. The Labute approximate surface area is 120 Å². The molecule has 0 aliphatic heterocycles. The molecule has 0 saturated carbocycles. The van der Waals surface area contributed by atoms with Crippen LogP contribution >= 0.6 is 15.9 Å². The number of imidazole rings is 1. The maximum Gasteiger partial charge on any atom is 0.232 e. The second-order valence-electron chi connectivity index (χ2n) is 4.09. The van der Waals surface area contributed by atoms with Crippen molar-refractivity contribution in [3.05, 3.63) is 46.5 Å². The highest BCUT2D eigenvalue weighted by atomic mass is 79.9. The lowest BCUT2D eigenvalue weighted by molar-refractivity contribution is 0.602. The predicted octanol–water partition coefficient (Wildman–Crippen LogP) is 2.52. The van der Waals surface area contributed by atoms with E-state index in [0.29, 0.717) is 12.1 Å². The molecule has 19 heavy (non-hydrogen) atoms. The number of aromatic amines is 1. The summed E-state index contributed by atoms with van der Waals surface area (Å²) >= 11 is 3.38. The molecular weight excluding hydrogens is 330 g/mol. The average molecular weight is 344 g/mol. The van der Waals surface area contributed by atoms with Crippen molar-refractivity contribution in [2.24, 2.45) is 0 Å². The van der Waals surface area contributed by atoms with Crippen molar-refractivity contribution in [1.29, 1.82) is 0 Å². The predicted molar refractivity (Wildman–Crippen MR) is 78.6 cm³/mol. The fraction of sp³-hybridized carbons (Fsp3) is 0.250. The lowest BCUT2D eigenvalue weighted by Gasteiger charge is -2.08. The van der Waals surface area contributed by atoms with Gasteiger partial charge < -0.3 is 4.98 Å². The van der Waals surface area contributed by atoms with Crippen LogP contribution in [0, 0.1) is 0 Å². The topological polar surface area (TPSA) is 74.8 Å². The summed E-state index contributed by atoms with van der Waals surface area (Å²) in [5.41, 5.74) is 2.44. The molecular formula is C12H14BrN3O2S. The van der Waals surface area contributed by atoms with Crippen molar-refractivity contribution < 1.29 is 8.42 Å². The highest BCUT2D eigenvalue weighted by Gasteiger charge is 2.09. The van der Waals surface area contributed by atoms with Crippen LogP contribution in [0.4, 0.5) is 5.69 Å². The van der Waals surface area contributed by atoms with E-state index in [9.17, 15) is 8.42 Å². The summed E-state index contributed by atoms with van der Waals surface area (Å²) in [6.45, 7) is 1.60. The van der Waals surface area contributed by atoms with Crippen LogP contribution in [0.5, 0.6) is 0 Å². The SMILES string of the molecule is CCS(=O)(=O)Nc1cc(Br)cc(Cc2c[nH]cn2)c1. The number of aromatic nitrogens is 2. The van der Waals surface area contributed by atoms with Crippen molar-refractivity contribution in [3.63, 3.8) is 0 Å². The maximum absolute atomic E-state index is 11.6. The minimum absolute atomic E-state index is 0.0498. The molecule has 0 aliphatic rings. The summed E-state index contributed by atoms with van der Waals surface area (Å²) in [6, 6.07) is 5.49. The zero-order valence-corrected chi connectivity index (χ0v) is 12.8. The third-order valence-corrected chi connectivity index (χ3v) is 4.32. The Balaban J connectivity index is 2.24. The van der Waals surface area contributed by atoms with Gasteiger partial charge in [0.2, 0.25) is 10.0 Å². The molecule has 1 aromatic carbocycles.